The van der Waals surface area contributed by atoms with Gasteiger partial charge in [0.05, 0.1) is 24.6 Å². The second-order valence-corrected chi connectivity index (χ2v) is 5.34. The molecule has 10 heteroatoms. The van der Waals surface area contributed by atoms with Crippen molar-refractivity contribution < 1.29 is 32.0 Å². The summed E-state index contributed by atoms with van der Waals surface area (Å²) in [5, 5.41) is 5.98. The topological polar surface area (TPSA) is 107 Å². The van der Waals surface area contributed by atoms with Crippen LogP contribution < -0.4 is 5.32 Å². The lowest BCUT2D eigenvalue weighted by atomic mass is 10.1. The molecule has 0 saturated carbocycles. The molecule has 140 valence electrons. The van der Waals surface area contributed by atoms with Gasteiger partial charge in [-0.05, 0) is 18.2 Å². The lowest BCUT2D eigenvalue weighted by molar-refractivity contribution is -0.116. The van der Waals surface area contributed by atoms with Gasteiger partial charge < -0.3 is 19.0 Å². The number of methoxy groups -OCH3 is 1. The number of ether oxygens (including phenoxy) is 1. The molecule has 27 heavy (non-hydrogen) atoms. The molecule has 0 fully saturated rings. The Kier molecular flexibility index (Phi) is 5.25. The number of aryl methyl sites for hydroxylation is 1. The molecular weight excluding hydrogens is 364 g/mol. The number of hydrogen-bond donors (Lipinski definition) is 1. The molecule has 0 unspecified atom stereocenters. The first kappa shape index (κ1) is 18.2. The third kappa shape index (κ3) is 4.17. The number of carbonyl (C=O) groups is 2. The lowest BCUT2D eigenvalue weighted by Gasteiger charge is -2.08. The number of amides is 1. The van der Waals surface area contributed by atoms with E-state index in [1.54, 1.807) is 12.1 Å². The maximum atomic E-state index is 13.8. The number of aromatic nitrogens is 2. The predicted molar refractivity (Wildman–Crippen MR) is 86.6 cm³/mol. The van der Waals surface area contributed by atoms with Crippen molar-refractivity contribution in [3.8, 4) is 11.6 Å². The highest BCUT2D eigenvalue weighted by Crippen LogP contribution is 2.21. The first-order valence-electron chi connectivity index (χ1n) is 7.71. The lowest BCUT2D eigenvalue weighted by Crippen LogP contribution is -2.15. The second-order valence-electron chi connectivity index (χ2n) is 5.34. The molecule has 0 aliphatic heterocycles. The molecule has 0 atom stereocenters. The van der Waals surface area contributed by atoms with Crippen LogP contribution in [0.25, 0.3) is 11.6 Å². The van der Waals surface area contributed by atoms with Crippen molar-refractivity contribution in [2.75, 3.05) is 12.4 Å². The van der Waals surface area contributed by atoms with Crippen LogP contribution in [0.3, 0.4) is 0 Å². The van der Waals surface area contributed by atoms with Gasteiger partial charge in [0, 0.05) is 18.9 Å². The Morgan fingerprint density at radius 3 is 2.78 bits per heavy atom. The van der Waals surface area contributed by atoms with E-state index in [0.29, 0.717) is 11.8 Å². The fourth-order valence-electron chi connectivity index (χ4n) is 2.21. The number of furan rings is 1. The van der Waals surface area contributed by atoms with E-state index in [4.69, 9.17) is 8.94 Å². The number of halogens is 2. The van der Waals surface area contributed by atoms with Gasteiger partial charge in [-0.15, -0.1) is 0 Å². The highest BCUT2D eigenvalue weighted by Gasteiger charge is 2.18. The van der Waals surface area contributed by atoms with Gasteiger partial charge >= 0.3 is 5.97 Å². The number of nitrogens with one attached hydrogen (secondary N) is 1. The van der Waals surface area contributed by atoms with Gasteiger partial charge in [-0.2, -0.15) is 4.98 Å². The number of benzene rings is 1. The molecular formula is C17H13F2N3O5. The maximum Gasteiger partial charge on any atom is 0.340 e. The molecule has 3 aromatic rings. The van der Waals surface area contributed by atoms with Gasteiger partial charge in [-0.3, -0.25) is 4.79 Å². The summed E-state index contributed by atoms with van der Waals surface area (Å²) in [4.78, 5) is 27.5. The Morgan fingerprint density at radius 2 is 2.07 bits per heavy atom. The van der Waals surface area contributed by atoms with Crippen LogP contribution in [0, 0.1) is 11.6 Å². The normalized spacial score (nSPS) is 10.6. The Balaban J connectivity index is 1.63. The molecule has 8 nitrogen and oxygen atoms in total. The number of rotatable bonds is 6. The first-order valence-corrected chi connectivity index (χ1v) is 7.71. The molecule has 0 aliphatic rings. The zero-order chi connectivity index (χ0) is 19.4. The number of nitrogens with zero attached hydrogens (tertiary/aromatic N) is 2. The molecule has 0 saturated heterocycles. The minimum absolute atomic E-state index is 0.0895. The van der Waals surface area contributed by atoms with Crippen molar-refractivity contribution in [2.45, 2.75) is 12.8 Å². The van der Waals surface area contributed by atoms with Crippen LogP contribution >= 0.6 is 0 Å². The molecule has 0 radical (unpaired) electrons. The third-order valence-electron chi connectivity index (χ3n) is 3.51. The van der Waals surface area contributed by atoms with Gasteiger partial charge in [-0.25, -0.2) is 13.6 Å². The Bertz CT molecular complexity index is 969. The summed E-state index contributed by atoms with van der Waals surface area (Å²) < 4.78 is 42.0. The van der Waals surface area contributed by atoms with E-state index in [9.17, 15) is 18.4 Å². The largest absolute Gasteiger partial charge is 0.465 e. The predicted octanol–water partition coefficient (Wildman–Crippen LogP) is 2.97. The highest BCUT2D eigenvalue weighted by molar-refractivity contribution is 5.94. The SMILES string of the molecule is COC(=O)c1cc(NC(=O)CCc2nc(-c3ccco3)no2)c(F)cc1F. The highest BCUT2D eigenvalue weighted by atomic mass is 19.1. The van der Waals surface area contributed by atoms with E-state index in [1.165, 1.54) is 6.26 Å². The van der Waals surface area contributed by atoms with Crippen molar-refractivity contribution in [1.82, 2.24) is 10.1 Å². The van der Waals surface area contributed by atoms with Crippen LogP contribution in [-0.2, 0) is 16.0 Å². The zero-order valence-corrected chi connectivity index (χ0v) is 14.0. The van der Waals surface area contributed by atoms with Crippen LogP contribution in [0.4, 0.5) is 14.5 Å². The smallest absolute Gasteiger partial charge is 0.340 e. The fourth-order valence-corrected chi connectivity index (χ4v) is 2.21. The summed E-state index contributed by atoms with van der Waals surface area (Å²) in [7, 11) is 1.06. The zero-order valence-electron chi connectivity index (χ0n) is 14.0. The van der Waals surface area contributed by atoms with Gasteiger partial charge in [0.2, 0.25) is 17.6 Å². The number of anilines is 1. The summed E-state index contributed by atoms with van der Waals surface area (Å²) >= 11 is 0. The first-order chi connectivity index (χ1) is 13.0. The second kappa shape index (κ2) is 7.77. The average Bonchev–Trinajstić information content (AvgIpc) is 3.33. The quantitative estimate of drug-likeness (QED) is 0.658. The number of esters is 1. The van der Waals surface area contributed by atoms with Gasteiger partial charge in [0.15, 0.2) is 5.76 Å². The fraction of sp³-hybridized carbons (Fsp3) is 0.176. The standard InChI is InChI=1S/C17H13F2N3O5/c1-25-17(24)9-7-12(11(19)8-10(9)18)20-14(23)4-5-15-21-16(22-27-15)13-3-2-6-26-13/h2-3,6-8H,4-5H2,1H3,(H,20,23). The Morgan fingerprint density at radius 1 is 1.26 bits per heavy atom. The van der Waals surface area contributed by atoms with Crippen molar-refractivity contribution >= 4 is 17.6 Å². The molecule has 0 aliphatic carbocycles. The van der Waals surface area contributed by atoms with Crippen LogP contribution in [0.1, 0.15) is 22.7 Å². The van der Waals surface area contributed by atoms with Gasteiger partial charge in [0.25, 0.3) is 0 Å². The van der Waals surface area contributed by atoms with E-state index in [2.05, 4.69) is 20.2 Å². The molecule has 3 rings (SSSR count). The van der Waals surface area contributed by atoms with E-state index < -0.39 is 29.1 Å². The average molecular weight is 377 g/mol. The molecule has 0 spiro atoms. The molecule has 2 heterocycles. The van der Waals surface area contributed by atoms with Crippen LogP contribution in [0.15, 0.2) is 39.5 Å². The summed E-state index contributed by atoms with van der Waals surface area (Å²) in [6.45, 7) is 0. The number of carbonyl (C=O) groups excluding carboxylic acids is 2. The summed E-state index contributed by atoms with van der Waals surface area (Å²) in [6.07, 6.45) is 1.44. The third-order valence-corrected chi connectivity index (χ3v) is 3.51. The summed E-state index contributed by atoms with van der Waals surface area (Å²) in [5.41, 5.74) is -0.835. The minimum atomic E-state index is -1.09. The molecule has 0 bridgehead atoms. The molecule has 1 amide bonds. The molecule has 1 aromatic carbocycles. The van der Waals surface area contributed by atoms with Crippen molar-refractivity contribution in [3.05, 3.63) is 53.6 Å². The summed E-state index contributed by atoms with van der Waals surface area (Å²) in [6, 6.07) is 4.68. The van der Waals surface area contributed by atoms with Crippen molar-refractivity contribution in [3.63, 3.8) is 0 Å². The van der Waals surface area contributed by atoms with Crippen LogP contribution in [0.2, 0.25) is 0 Å². The summed E-state index contributed by atoms with van der Waals surface area (Å²) in [5.74, 6) is -2.85. The Labute approximate surface area is 151 Å². The van der Waals surface area contributed by atoms with Crippen molar-refractivity contribution in [1.29, 1.82) is 0 Å². The van der Waals surface area contributed by atoms with E-state index in [1.807, 2.05) is 0 Å². The van der Waals surface area contributed by atoms with E-state index in [0.717, 1.165) is 13.2 Å². The molecule has 1 N–H and O–H groups in total. The monoisotopic (exact) mass is 377 g/mol. The molecule has 2 aromatic heterocycles. The van der Waals surface area contributed by atoms with Crippen molar-refractivity contribution in [2.24, 2.45) is 0 Å². The van der Waals surface area contributed by atoms with Crippen LogP contribution in [0.5, 0.6) is 0 Å². The van der Waals surface area contributed by atoms with Crippen LogP contribution in [-0.4, -0.2) is 29.1 Å². The number of hydrogen-bond acceptors (Lipinski definition) is 7. The Hall–Kier alpha value is -3.56. The van der Waals surface area contributed by atoms with Gasteiger partial charge in [0.1, 0.15) is 11.6 Å². The maximum absolute atomic E-state index is 13.8. The van der Waals surface area contributed by atoms with E-state index in [-0.39, 0.29) is 30.2 Å². The van der Waals surface area contributed by atoms with Gasteiger partial charge in [-0.1, -0.05) is 5.16 Å². The van der Waals surface area contributed by atoms with E-state index >= 15 is 0 Å². The minimum Gasteiger partial charge on any atom is -0.465 e.